The van der Waals surface area contributed by atoms with E-state index in [1.54, 1.807) is 12.1 Å². The fourth-order valence-electron chi connectivity index (χ4n) is 2.93. The van der Waals surface area contributed by atoms with Crippen molar-refractivity contribution in [2.45, 2.75) is 32.7 Å². The first-order valence-electron chi connectivity index (χ1n) is 8.23. The van der Waals surface area contributed by atoms with Gasteiger partial charge < -0.3 is 19.2 Å². The first-order valence-corrected chi connectivity index (χ1v) is 8.23. The van der Waals surface area contributed by atoms with Crippen LogP contribution in [0.15, 0.2) is 22.8 Å². The molecule has 0 aromatic carbocycles. The highest BCUT2D eigenvalue weighted by atomic mass is 16.3. The largest absolute Gasteiger partial charge is 0.459 e. The molecule has 0 saturated heterocycles. The minimum absolute atomic E-state index is 0.195. The normalized spacial score (nSPS) is 15.2. The van der Waals surface area contributed by atoms with Crippen LogP contribution in [-0.4, -0.2) is 51.8 Å². The Morgan fingerprint density at radius 3 is 3.04 bits per heavy atom. The average molecular weight is 317 g/mol. The van der Waals surface area contributed by atoms with Crippen molar-refractivity contribution in [2.24, 2.45) is 0 Å². The van der Waals surface area contributed by atoms with Gasteiger partial charge in [-0.15, -0.1) is 10.2 Å². The first-order chi connectivity index (χ1) is 11.3. The number of amides is 1. The van der Waals surface area contributed by atoms with Gasteiger partial charge >= 0.3 is 0 Å². The van der Waals surface area contributed by atoms with E-state index in [1.165, 1.54) is 12.7 Å². The Balaban J connectivity index is 1.54. The summed E-state index contributed by atoms with van der Waals surface area (Å²) in [6.45, 7) is 6.86. The second-order valence-electron chi connectivity index (χ2n) is 5.76. The van der Waals surface area contributed by atoms with Crippen LogP contribution >= 0.6 is 0 Å². The molecule has 1 aliphatic rings. The van der Waals surface area contributed by atoms with Crippen LogP contribution < -0.4 is 5.32 Å². The third-order valence-electron chi connectivity index (χ3n) is 4.11. The third-order valence-corrected chi connectivity index (χ3v) is 4.11. The Kier molecular flexibility index (Phi) is 5.07. The minimum atomic E-state index is -0.195. The van der Waals surface area contributed by atoms with Crippen LogP contribution in [0.2, 0.25) is 0 Å². The van der Waals surface area contributed by atoms with Gasteiger partial charge in [0.25, 0.3) is 5.91 Å². The van der Waals surface area contributed by atoms with E-state index in [-0.39, 0.29) is 5.91 Å². The first kappa shape index (κ1) is 15.7. The zero-order valence-electron chi connectivity index (χ0n) is 13.5. The molecule has 3 heterocycles. The van der Waals surface area contributed by atoms with Crippen molar-refractivity contribution in [1.82, 2.24) is 25.0 Å². The average Bonchev–Trinajstić information content (AvgIpc) is 3.16. The Morgan fingerprint density at radius 1 is 1.35 bits per heavy atom. The van der Waals surface area contributed by atoms with E-state index in [4.69, 9.17) is 4.42 Å². The summed E-state index contributed by atoms with van der Waals surface area (Å²) in [5.74, 6) is 2.13. The standard InChI is InChI=1S/C16H23N5O2/c1-2-8-20-9-6-15-19-18-14(21(15)11-10-20)5-7-17-16(22)13-4-3-12-23-13/h3-4,12H,2,5-11H2,1H3,(H,17,22). The molecule has 2 aromatic heterocycles. The molecular weight excluding hydrogens is 294 g/mol. The lowest BCUT2D eigenvalue weighted by Gasteiger charge is -2.18. The quantitative estimate of drug-likeness (QED) is 0.864. The summed E-state index contributed by atoms with van der Waals surface area (Å²) in [5.41, 5.74) is 0. The monoisotopic (exact) mass is 317 g/mol. The maximum absolute atomic E-state index is 11.8. The molecule has 0 bridgehead atoms. The zero-order chi connectivity index (χ0) is 16.1. The lowest BCUT2D eigenvalue weighted by Crippen LogP contribution is -2.28. The van der Waals surface area contributed by atoms with Crippen LogP contribution in [0.3, 0.4) is 0 Å². The number of fused-ring (bicyclic) bond motifs is 1. The number of furan rings is 1. The van der Waals surface area contributed by atoms with E-state index in [2.05, 4.69) is 31.9 Å². The van der Waals surface area contributed by atoms with Crippen molar-refractivity contribution in [1.29, 1.82) is 0 Å². The van der Waals surface area contributed by atoms with Crippen molar-refractivity contribution in [3.05, 3.63) is 35.8 Å². The minimum Gasteiger partial charge on any atom is -0.459 e. The van der Waals surface area contributed by atoms with Gasteiger partial charge in [0.2, 0.25) is 0 Å². The van der Waals surface area contributed by atoms with E-state index < -0.39 is 0 Å². The van der Waals surface area contributed by atoms with Crippen LogP contribution in [0.5, 0.6) is 0 Å². The summed E-state index contributed by atoms with van der Waals surface area (Å²) in [4.78, 5) is 14.3. The number of aromatic nitrogens is 3. The number of carbonyl (C=O) groups excluding carboxylic acids is 1. The highest BCUT2D eigenvalue weighted by Crippen LogP contribution is 2.10. The van der Waals surface area contributed by atoms with Crippen molar-refractivity contribution in [3.8, 4) is 0 Å². The van der Waals surface area contributed by atoms with E-state index in [0.29, 0.717) is 18.7 Å². The van der Waals surface area contributed by atoms with Crippen molar-refractivity contribution < 1.29 is 9.21 Å². The predicted molar refractivity (Wildman–Crippen MR) is 85.2 cm³/mol. The maximum Gasteiger partial charge on any atom is 0.286 e. The Hall–Kier alpha value is -2.15. The molecule has 0 atom stereocenters. The van der Waals surface area contributed by atoms with Crippen LogP contribution in [-0.2, 0) is 19.4 Å². The molecular formula is C16H23N5O2. The number of rotatable bonds is 6. The summed E-state index contributed by atoms with van der Waals surface area (Å²) < 4.78 is 7.28. The molecule has 0 unspecified atom stereocenters. The molecule has 1 N–H and O–H groups in total. The van der Waals surface area contributed by atoms with Crippen LogP contribution in [0.4, 0.5) is 0 Å². The lowest BCUT2D eigenvalue weighted by molar-refractivity contribution is 0.0926. The summed E-state index contributed by atoms with van der Waals surface area (Å²) in [5, 5.41) is 11.5. The molecule has 23 heavy (non-hydrogen) atoms. The second-order valence-corrected chi connectivity index (χ2v) is 5.76. The summed E-state index contributed by atoms with van der Waals surface area (Å²) in [6.07, 6.45) is 4.28. The van der Waals surface area contributed by atoms with E-state index in [0.717, 1.165) is 44.2 Å². The van der Waals surface area contributed by atoms with E-state index >= 15 is 0 Å². The Bertz CT molecular complexity index is 635. The van der Waals surface area contributed by atoms with Crippen molar-refractivity contribution >= 4 is 5.91 Å². The number of nitrogens with zero attached hydrogens (tertiary/aromatic N) is 4. The summed E-state index contributed by atoms with van der Waals surface area (Å²) in [7, 11) is 0. The van der Waals surface area contributed by atoms with Crippen LogP contribution in [0, 0.1) is 0 Å². The van der Waals surface area contributed by atoms with Crippen LogP contribution in [0.1, 0.15) is 35.5 Å². The fraction of sp³-hybridized carbons (Fsp3) is 0.562. The summed E-state index contributed by atoms with van der Waals surface area (Å²) in [6, 6.07) is 3.36. The SMILES string of the molecule is CCCN1CCc2nnc(CCNC(=O)c3ccco3)n2CC1. The van der Waals surface area contributed by atoms with E-state index in [9.17, 15) is 4.79 Å². The van der Waals surface area contributed by atoms with Gasteiger partial charge in [0, 0.05) is 39.0 Å². The third kappa shape index (κ3) is 3.79. The van der Waals surface area contributed by atoms with Gasteiger partial charge in [-0.05, 0) is 25.1 Å². The van der Waals surface area contributed by atoms with Gasteiger partial charge in [0.1, 0.15) is 11.6 Å². The molecule has 7 heteroatoms. The van der Waals surface area contributed by atoms with Gasteiger partial charge in [-0.3, -0.25) is 4.79 Å². The molecule has 2 aromatic rings. The molecule has 1 aliphatic heterocycles. The molecule has 7 nitrogen and oxygen atoms in total. The molecule has 0 aliphatic carbocycles. The molecule has 0 fully saturated rings. The van der Waals surface area contributed by atoms with Gasteiger partial charge in [-0.2, -0.15) is 0 Å². The van der Waals surface area contributed by atoms with Crippen LogP contribution in [0.25, 0.3) is 0 Å². The molecule has 0 spiro atoms. The zero-order valence-corrected chi connectivity index (χ0v) is 13.5. The number of carbonyl (C=O) groups is 1. The van der Waals surface area contributed by atoms with Gasteiger partial charge in [-0.1, -0.05) is 6.92 Å². The Labute approximate surface area is 135 Å². The van der Waals surface area contributed by atoms with Crippen molar-refractivity contribution in [2.75, 3.05) is 26.2 Å². The number of hydrogen-bond acceptors (Lipinski definition) is 5. The highest BCUT2D eigenvalue weighted by Gasteiger charge is 2.18. The highest BCUT2D eigenvalue weighted by molar-refractivity contribution is 5.91. The summed E-state index contributed by atoms with van der Waals surface area (Å²) >= 11 is 0. The fourth-order valence-corrected chi connectivity index (χ4v) is 2.93. The van der Waals surface area contributed by atoms with Crippen molar-refractivity contribution in [3.63, 3.8) is 0 Å². The Morgan fingerprint density at radius 2 is 2.26 bits per heavy atom. The van der Waals surface area contributed by atoms with Gasteiger partial charge in [-0.25, -0.2) is 0 Å². The van der Waals surface area contributed by atoms with Gasteiger partial charge in [0.15, 0.2) is 5.76 Å². The lowest BCUT2D eigenvalue weighted by atomic mass is 10.3. The second kappa shape index (κ2) is 7.41. The maximum atomic E-state index is 11.8. The molecule has 0 saturated carbocycles. The molecule has 3 rings (SSSR count). The number of nitrogens with one attached hydrogen (secondary N) is 1. The smallest absolute Gasteiger partial charge is 0.286 e. The predicted octanol–water partition coefficient (Wildman–Crippen LogP) is 1.11. The van der Waals surface area contributed by atoms with Gasteiger partial charge in [0.05, 0.1) is 6.26 Å². The number of hydrogen-bond donors (Lipinski definition) is 1. The van der Waals surface area contributed by atoms with E-state index in [1.807, 2.05) is 0 Å². The molecule has 0 radical (unpaired) electrons. The molecule has 124 valence electrons. The topological polar surface area (TPSA) is 76.2 Å². The molecule has 1 amide bonds.